The van der Waals surface area contributed by atoms with Gasteiger partial charge in [0.1, 0.15) is 0 Å². The highest BCUT2D eigenvalue weighted by atomic mass is 16.7. The van der Waals surface area contributed by atoms with Crippen LogP contribution < -0.4 is 5.32 Å². The molecule has 0 aromatic rings. The molecule has 4 heteroatoms. The third-order valence-corrected chi connectivity index (χ3v) is 2.29. The van der Waals surface area contributed by atoms with Crippen LogP contribution in [0.5, 0.6) is 0 Å². The maximum Gasteiger partial charge on any atom is 0.173 e. The minimum Gasteiger partial charge on any atom is -0.369 e. The molecule has 1 N–H and O–H groups in total. The van der Waals surface area contributed by atoms with Crippen molar-refractivity contribution >= 4 is 5.84 Å². The Labute approximate surface area is 79.3 Å². The smallest absolute Gasteiger partial charge is 0.173 e. The van der Waals surface area contributed by atoms with Crippen molar-refractivity contribution in [1.29, 1.82) is 0 Å². The van der Waals surface area contributed by atoms with E-state index in [0.717, 1.165) is 18.8 Å². The van der Waals surface area contributed by atoms with Gasteiger partial charge in [-0.15, -0.1) is 0 Å². The zero-order valence-electron chi connectivity index (χ0n) is 8.54. The predicted octanol–water partition coefficient (Wildman–Crippen LogP) is 0.633. The Hall–Kier alpha value is -0.610. The van der Waals surface area contributed by atoms with Crippen LogP contribution in [-0.2, 0) is 9.47 Å². The van der Waals surface area contributed by atoms with Crippen LogP contribution in [0.15, 0.2) is 4.99 Å². The molecule has 1 rings (SSSR count). The maximum absolute atomic E-state index is 5.05. The summed E-state index contributed by atoms with van der Waals surface area (Å²) in [5.74, 6) is 1.63. The molecule has 0 bridgehead atoms. The minimum absolute atomic E-state index is 0.185. The summed E-state index contributed by atoms with van der Waals surface area (Å²) >= 11 is 0. The van der Waals surface area contributed by atoms with Gasteiger partial charge in [0.05, 0.1) is 12.4 Å². The Bertz CT molecular complexity index is 178. The van der Waals surface area contributed by atoms with Crippen molar-refractivity contribution < 1.29 is 9.47 Å². The number of aliphatic imine (C=N–C) groups is 1. The molecule has 0 aromatic heterocycles. The first kappa shape index (κ1) is 10.5. The van der Waals surface area contributed by atoms with Crippen molar-refractivity contribution in [2.24, 2.45) is 10.9 Å². The summed E-state index contributed by atoms with van der Waals surface area (Å²) in [4.78, 5) is 4.35. The van der Waals surface area contributed by atoms with E-state index in [0.29, 0.717) is 12.5 Å². The second kappa shape index (κ2) is 5.19. The van der Waals surface area contributed by atoms with Crippen LogP contribution in [0.2, 0.25) is 0 Å². The van der Waals surface area contributed by atoms with Crippen LogP contribution in [0.3, 0.4) is 0 Å². The molecular weight excluding hydrogens is 168 g/mol. The van der Waals surface area contributed by atoms with E-state index in [1.54, 1.807) is 14.2 Å². The normalized spacial score (nSPS) is 22.2. The molecule has 13 heavy (non-hydrogen) atoms. The molecule has 0 radical (unpaired) electrons. The summed E-state index contributed by atoms with van der Waals surface area (Å²) in [5, 5.41) is 3.23. The fourth-order valence-corrected chi connectivity index (χ4v) is 1.35. The Morgan fingerprint density at radius 3 is 2.69 bits per heavy atom. The minimum atomic E-state index is -0.185. The molecule has 1 aliphatic rings. The van der Waals surface area contributed by atoms with Gasteiger partial charge in [-0.05, 0) is 6.42 Å². The maximum atomic E-state index is 5.05. The van der Waals surface area contributed by atoms with Crippen LogP contribution in [0.1, 0.15) is 13.3 Å². The highest BCUT2D eigenvalue weighted by Gasteiger charge is 2.16. The molecule has 0 spiro atoms. The Balaban J connectivity index is 2.25. The van der Waals surface area contributed by atoms with Gasteiger partial charge in [-0.25, -0.2) is 0 Å². The number of hydrogen-bond acceptors (Lipinski definition) is 4. The van der Waals surface area contributed by atoms with Crippen molar-refractivity contribution in [3.63, 3.8) is 0 Å². The zero-order valence-corrected chi connectivity index (χ0v) is 8.54. The fraction of sp³-hybridized carbons (Fsp3) is 0.889. The van der Waals surface area contributed by atoms with Crippen molar-refractivity contribution in [3.05, 3.63) is 0 Å². The summed E-state index contributed by atoms with van der Waals surface area (Å²) in [6.07, 6.45) is 0.961. The molecule has 0 amide bonds. The number of methoxy groups -OCH3 is 2. The molecule has 1 atom stereocenters. The van der Waals surface area contributed by atoms with Gasteiger partial charge in [-0.3, -0.25) is 4.99 Å². The van der Waals surface area contributed by atoms with E-state index < -0.39 is 0 Å². The molecule has 4 nitrogen and oxygen atoms in total. The van der Waals surface area contributed by atoms with E-state index in [4.69, 9.17) is 9.47 Å². The number of rotatable bonds is 4. The topological polar surface area (TPSA) is 42.8 Å². The van der Waals surface area contributed by atoms with Gasteiger partial charge in [0.25, 0.3) is 0 Å². The first-order valence-corrected chi connectivity index (χ1v) is 4.61. The van der Waals surface area contributed by atoms with E-state index in [9.17, 15) is 0 Å². The molecule has 0 fully saturated rings. The van der Waals surface area contributed by atoms with Crippen LogP contribution in [0.4, 0.5) is 0 Å². The van der Waals surface area contributed by atoms with Crippen molar-refractivity contribution in [2.45, 2.75) is 19.6 Å². The average molecular weight is 186 g/mol. The first-order valence-electron chi connectivity index (χ1n) is 4.61. The van der Waals surface area contributed by atoms with Crippen LogP contribution >= 0.6 is 0 Å². The molecule has 1 aliphatic heterocycles. The number of hydrogen-bond donors (Lipinski definition) is 1. The van der Waals surface area contributed by atoms with Gasteiger partial charge >= 0.3 is 0 Å². The zero-order chi connectivity index (χ0) is 9.68. The van der Waals surface area contributed by atoms with Crippen LogP contribution in [0, 0.1) is 5.92 Å². The summed E-state index contributed by atoms with van der Waals surface area (Å²) in [7, 11) is 3.27. The van der Waals surface area contributed by atoms with E-state index in [1.807, 2.05) is 0 Å². The van der Waals surface area contributed by atoms with E-state index in [2.05, 4.69) is 17.2 Å². The molecule has 1 heterocycles. The lowest BCUT2D eigenvalue weighted by molar-refractivity contribution is -0.0966. The summed E-state index contributed by atoms with van der Waals surface area (Å²) in [6.45, 7) is 3.78. The van der Waals surface area contributed by atoms with Gasteiger partial charge < -0.3 is 14.8 Å². The van der Waals surface area contributed by atoms with Gasteiger partial charge in [0, 0.05) is 26.7 Å². The molecule has 76 valence electrons. The monoisotopic (exact) mass is 186 g/mol. The Kier molecular flexibility index (Phi) is 4.18. The highest BCUT2D eigenvalue weighted by molar-refractivity contribution is 5.85. The molecule has 1 unspecified atom stereocenters. The van der Waals surface area contributed by atoms with E-state index in [1.165, 1.54) is 0 Å². The van der Waals surface area contributed by atoms with Gasteiger partial charge in [0.15, 0.2) is 6.29 Å². The van der Waals surface area contributed by atoms with Crippen LogP contribution in [0.25, 0.3) is 0 Å². The molecule has 0 saturated carbocycles. The Morgan fingerprint density at radius 1 is 1.54 bits per heavy atom. The Morgan fingerprint density at radius 2 is 2.23 bits per heavy atom. The number of amidine groups is 1. The third-order valence-electron chi connectivity index (χ3n) is 2.29. The second-order valence-electron chi connectivity index (χ2n) is 3.24. The lowest BCUT2D eigenvalue weighted by atomic mass is 10.1. The number of nitrogens with one attached hydrogen (secondary N) is 1. The predicted molar refractivity (Wildman–Crippen MR) is 51.9 cm³/mol. The van der Waals surface area contributed by atoms with Crippen molar-refractivity contribution in [1.82, 2.24) is 5.32 Å². The number of ether oxygens (including phenoxy) is 2. The summed E-state index contributed by atoms with van der Waals surface area (Å²) in [6, 6.07) is 0. The van der Waals surface area contributed by atoms with Crippen LogP contribution in [-0.4, -0.2) is 39.4 Å². The molecule has 0 aromatic carbocycles. The molecular formula is C9H18N2O2. The quantitative estimate of drug-likeness (QED) is 0.655. The largest absolute Gasteiger partial charge is 0.369 e. The van der Waals surface area contributed by atoms with Gasteiger partial charge in [-0.1, -0.05) is 6.92 Å². The first-order chi connectivity index (χ1) is 6.27. The van der Waals surface area contributed by atoms with Crippen molar-refractivity contribution in [3.8, 4) is 0 Å². The molecule has 0 saturated heterocycles. The standard InChI is InChI=1S/C9H18N2O2/c1-7-4-5-10-9(7)11-6-8(12-2)13-3/h7-8H,4-6H2,1-3H3,(H,10,11). The SMILES string of the molecule is COC(CNC1=NCCC1C)OC. The third kappa shape index (κ3) is 2.97. The van der Waals surface area contributed by atoms with Crippen molar-refractivity contribution in [2.75, 3.05) is 27.3 Å². The van der Waals surface area contributed by atoms with Gasteiger partial charge in [-0.2, -0.15) is 0 Å². The lowest BCUT2D eigenvalue weighted by Crippen LogP contribution is -2.35. The highest BCUT2D eigenvalue weighted by Crippen LogP contribution is 2.10. The average Bonchev–Trinajstić information content (AvgIpc) is 2.54. The molecule has 0 aliphatic carbocycles. The summed E-state index contributed by atoms with van der Waals surface area (Å²) < 4.78 is 10.1. The second-order valence-corrected chi connectivity index (χ2v) is 3.24. The van der Waals surface area contributed by atoms with Gasteiger partial charge in [0.2, 0.25) is 0 Å². The lowest BCUT2D eigenvalue weighted by Gasteiger charge is -2.16. The van der Waals surface area contributed by atoms with E-state index in [-0.39, 0.29) is 6.29 Å². The van der Waals surface area contributed by atoms with E-state index >= 15 is 0 Å². The summed E-state index contributed by atoms with van der Waals surface area (Å²) in [5.41, 5.74) is 0. The fourth-order valence-electron chi connectivity index (χ4n) is 1.35. The number of nitrogens with zero attached hydrogens (tertiary/aromatic N) is 1.